The number of nitrogens with one attached hydrogen (secondary N) is 1. The Hall–Kier alpha value is -2.79. The van der Waals surface area contributed by atoms with Crippen LogP contribution in [0.1, 0.15) is 30.2 Å². The van der Waals surface area contributed by atoms with Crippen molar-refractivity contribution in [3.63, 3.8) is 0 Å². The fraction of sp³-hybridized carbons (Fsp3) is 0.348. The van der Waals surface area contributed by atoms with Crippen molar-refractivity contribution in [3.8, 4) is 11.5 Å². The average Bonchev–Trinajstić information content (AvgIpc) is 2.68. The molecule has 0 unspecified atom stereocenters. The first-order chi connectivity index (χ1) is 13.5. The van der Waals surface area contributed by atoms with Gasteiger partial charge in [-0.3, -0.25) is 9.69 Å². The summed E-state index contributed by atoms with van der Waals surface area (Å²) >= 11 is 0. The molecule has 0 amide bonds. The maximum absolute atomic E-state index is 12.5. The molecule has 0 fully saturated rings. The van der Waals surface area contributed by atoms with E-state index in [9.17, 15) is 4.79 Å². The normalized spacial score (nSPS) is 11.2. The van der Waals surface area contributed by atoms with Gasteiger partial charge < -0.3 is 14.5 Å². The second kappa shape index (κ2) is 8.93. The number of nitrogens with zero attached hydrogens (tertiary/aromatic N) is 1. The Morgan fingerprint density at radius 3 is 2.46 bits per heavy atom. The average molecular weight is 380 g/mol. The fourth-order valence-corrected chi connectivity index (χ4v) is 3.51. The summed E-state index contributed by atoms with van der Waals surface area (Å²) in [6, 6.07) is 13.6. The molecule has 1 aromatic heterocycles. The van der Waals surface area contributed by atoms with Gasteiger partial charge in [-0.05, 0) is 49.7 Å². The minimum Gasteiger partial charge on any atom is -0.493 e. The second-order valence-corrected chi connectivity index (χ2v) is 7.11. The van der Waals surface area contributed by atoms with Crippen LogP contribution in [0.25, 0.3) is 10.9 Å². The van der Waals surface area contributed by atoms with Crippen molar-refractivity contribution in [1.29, 1.82) is 0 Å². The van der Waals surface area contributed by atoms with Crippen LogP contribution in [0.3, 0.4) is 0 Å². The van der Waals surface area contributed by atoms with Crippen LogP contribution in [-0.2, 0) is 13.1 Å². The van der Waals surface area contributed by atoms with Gasteiger partial charge in [-0.1, -0.05) is 24.6 Å². The number of rotatable bonds is 8. The summed E-state index contributed by atoms with van der Waals surface area (Å²) in [5, 5.41) is 0.741. The van der Waals surface area contributed by atoms with Crippen molar-refractivity contribution >= 4 is 10.9 Å². The van der Waals surface area contributed by atoms with E-state index in [0.29, 0.717) is 6.54 Å². The van der Waals surface area contributed by atoms with Crippen LogP contribution >= 0.6 is 0 Å². The van der Waals surface area contributed by atoms with Crippen molar-refractivity contribution in [2.45, 2.75) is 33.4 Å². The second-order valence-electron chi connectivity index (χ2n) is 7.11. The summed E-state index contributed by atoms with van der Waals surface area (Å²) in [6.45, 7) is 6.54. The Kier molecular flexibility index (Phi) is 6.37. The van der Waals surface area contributed by atoms with E-state index in [2.05, 4.69) is 22.9 Å². The number of benzene rings is 2. The zero-order valence-corrected chi connectivity index (χ0v) is 17.0. The number of aromatic nitrogens is 1. The summed E-state index contributed by atoms with van der Waals surface area (Å²) in [5.74, 6) is 1.45. The Morgan fingerprint density at radius 2 is 1.75 bits per heavy atom. The number of hydrogen-bond donors (Lipinski definition) is 1. The van der Waals surface area contributed by atoms with E-state index >= 15 is 0 Å². The third kappa shape index (κ3) is 4.54. The highest BCUT2D eigenvalue weighted by Gasteiger charge is 2.11. The predicted molar refractivity (Wildman–Crippen MR) is 113 cm³/mol. The van der Waals surface area contributed by atoms with E-state index in [-0.39, 0.29) is 5.43 Å². The minimum absolute atomic E-state index is 0.0648. The highest BCUT2D eigenvalue weighted by atomic mass is 16.5. The molecule has 1 N–H and O–H groups in total. The topological polar surface area (TPSA) is 54.6 Å². The Balaban J connectivity index is 1.84. The Morgan fingerprint density at radius 1 is 0.964 bits per heavy atom. The van der Waals surface area contributed by atoms with Crippen LogP contribution in [0.5, 0.6) is 11.5 Å². The van der Waals surface area contributed by atoms with Crippen LogP contribution in [0.2, 0.25) is 0 Å². The summed E-state index contributed by atoms with van der Waals surface area (Å²) in [4.78, 5) is 18.3. The maximum Gasteiger partial charge on any atom is 0.189 e. The van der Waals surface area contributed by atoms with E-state index < -0.39 is 0 Å². The van der Waals surface area contributed by atoms with E-state index in [1.165, 1.54) is 0 Å². The van der Waals surface area contributed by atoms with E-state index in [4.69, 9.17) is 9.47 Å². The van der Waals surface area contributed by atoms with Gasteiger partial charge in [0.05, 0.1) is 14.2 Å². The summed E-state index contributed by atoms with van der Waals surface area (Å²) < 4.78 is 10.7. The standard InChI is InChI=1S/C23H28N2O3/c1-5-10-25(14-17-7-9-22(27-3)23(12-17)28-4)15-18-13-21(26)19-11-16(2)6-8-20(19)24-18/h6-9,11-13H,5,10,14-15H2,1-4H3,(H,24,26). The first kappa shape index (κ1) is 20.0. The third-order valence-corrected chi connectivity index (χ3v) is 4.83. The quantitative estimate of drug-likeness (QED) is 0.634. The first-order valence-corrected chi connectivity index (χ1v) is 9.60. The van der Waals surface area contributed by atoms with Crippen molar-refractivity contribution in [2.24, 2.45) is 0 Å². The molecule has 0 radical (unpaired) electrons. The van der Waals surface area contributed by atoms with Gasteiger partial charge in [0.2, 0.25) is 0 Å². The minimum atomic E-state index is 0.0648. The number of hydrogen-bond acceptors (Lipinski definition) is 4. The Bertz CT molecular complexity index is 1010. The number of pyridine rings is 1. The molecule has 3 rings (SSSR count). The van der Waals surface area contributed by atoms with Gasteiger partial charge in [-0.25, -0.2) is 0 Å². The van der Waals surface area contributed by atoms with E-state index in [0.717, 1.165) is 58.7 Å². The van der Waals surface area contributed by atoms with Crippen LogP contribution in [0.15, 0.2) is 47.3 Å². The van der Waals surface area contributed by atoms with Gasteiger partial charge in [0.25, 0.3) is 0 Å². The van der Waals surface area contributed by atoms with Gasteiger partial charge in [0.1, 0.15) is 0 Å². The molecule has 3 aromatic rings. The molecule has 0 spiro atoms. The first-order valence-electron chi connectivity index (χ1n) is 9.60. The number of H-pyrrole nitrogens is 1. The zero-order chi connectivity index (χ0) is 20.1. The van der Waals surface area contributed by atoms with Crippen LogP contribution in [0, 0.1) is 6.92 Å². The molecule has 2 aromatic carbocycles. The predicted octanol–water partition coefficient (Wildman–Crippen LogP) is 4.27. The maximum atomic E-state index is 12.5. The van der Waals surface area contributed by atoms with Gasteiger partial charge in [-0.2, -0.15) is 0 Å². The van der Waals surface area contributed by atoms with Crippen LogP contribution in [-0.4, -0.2) is 30.6 Å². The number of methoxy groups -OCH3 is 2. The molecule has 0 aliphatic heterocycles. The lowest BCUT2D eigenvalue weighted by Crippen LogP contribution is -2.25. The molecule has 0 aliphatic carbocycles. The molecular weight excluding hydrogens is 352 g/mol. The lowest BCUT2D eigenvalue weighted by molar-refractivity contribution is 0.254. The molecule has 5 nitrogen and oxygen atoms in total. The van der Waals surface area contributed by atoms with Crippen molar-refractivity contribution in [2.75, 3.05) is 20.8 Å². The van der Waals surface area contributed by atoms with E-state index in [1.54, 1.807) is 20.3 Å². The van der Waals surface area contributed by atoms with Gasteiger partial charge in [0.15, 0.2) is 16.9 Å². The number of aryl methyl sites for hydroxylation is 1. The number of aromatic amines is 1. The van der Waals surface area contributed by atoms with Gasteiger partial charge in [-0.15, -0.1) is 0 Å². The molecule has 148 valence electrons. The lowest BCUT2D eigenvalue weighted by Gasteiger charge is -2.22. The number of ether oxygens (including phenoxy) is 2. The van der Waals surface area contributed by atoms with Crippen LogP contribution < -0.4 is 14.9 Å². The van der Waals surface area contributed by atoms with Crippen LogP contribution in [0.4, 0.5) is 0 Å². The zero-order valence-electron chi connectivity index (χ0n) is 17.0. The highest BCUT2D eigenvalue weighted by Crippen LogP contribution is 2.28. The Labute approximate surface area is 165 Å². The molecule has 1 heterocycles. The molecule has 0 bridgehead atoms. The third-order valence-electron chi connectivity index (χ3n) is 4.83. The number of fused-ring (bicyclic) bond motifs is 1. The highest BCUT2D eigenvalue weighted by molar-refractivity contribution is 5.79. The summed E-state index contributed by atoms with van der Waals surface area (Å²) in [6.07, 6.45) is 1.03. The SMILES string of the molecule is CCCN(Cc1ccc(OC)c(OC)c1)Cc1cc(=O)c2cc(C)ccc2[nH]1. The monoisotopic (exact) mass is 380 g/mol. The largest absolute Gasteiger partial charge is 0.493 e. The summed E-state index contributed by atoms with van der Waals surface area (Å²) in [5.41, 5.74) is 4.11. The fourth-order valence-electron chi connectivity index (χ4n) is 3.51. The lowest BCUT2D eigenvalue weighted by atomic mass is 10.1. The molecular formula is C23H28N2O3. The molecule has 5 heteroatoms. The molecule has 28 heavy (non-hydrogen) atoms. The van der Waals surface area contributed by atoms with Crippen molar-refractivity contribution < 1.29 is 9.47 Å². The van der Waals surface area contributed by atoms with Crippen molar-refractivity contribution in [3.05, 3.63) is 69.5 Å². The summed E-state index contributed by atoms with van der Waals surface area (Å²) in [7, 11) is 3.28. The molecule has 0 atom stereocenters. The van der Waals surface area contributed by atoms with E-state index in [1.807, 2.05) is 37.3 Å². The van der Waals surface area contributed by atoms with Crippen molar-refractivity contribution in [1.82, 2.24) is 9.88 Å². The molecule has 0 saturated carbocycles. The smallest absolute Gasteiger partial charge is 0.189 e. The van der Waals surface area contributed by atoms with Gasteiger partial charge >= 0.3 is 0 Å². The van der Waals surface area contributed by atoms with Gasteiger partial charge in [0, 0.05) is 35.8 Å². The molecule has 0 saturated heterocycles. The molecule has 0 aliphatic rings.